The number of urea groups is 1. The van der Waals surface area contributed by atoms with Crippen molar-refractivity contribution in [1.29, 1.82) is 0 Å². The zero-order valence-corrected chi connectivity index (χ0v) is 12.3. The molecule has 0 unspecified atom stereocenters. The van der Waals surface area contributed by atoms with Crippen LogP contribution in [0, 0.1) is 5.92 Å². The Morgan fingerprint density at radius 3 is 2.45 bits per heavy atom. The fourth-order valence-corrected chi connectivity index (χ4v) is 3.16. The number of amidine groups is 1. The van der Waals surface area contributed by atoms with Crippen molar-refractivity contribution in [2.75, 3.05) is 19.6 Å². The van der Waals surface area contributed by atoms with Crippen LogP contribution in [-0.2, 0) is 0 Å². The molecule has 0 aromatic rings. The Bertz CT molecular complexity index is 358. The van der Waals surface area contributed by atoms with Crippen molar-refractivity contribution in [3.63, 3.8) is 0 Å². The summed E-state index contributed by atoms with van der Waals surface area (Å²) in [6.07, 6.45) is 6.48. The van der Waals surface area contributed by atoms with Gasteiger partial charge in [-0.05, 0) is 31.6 Å². The van der Waals surface area contributed by atoms with E-state index in [-0.39, 0.29) is 24.5 Å². The Morgan fingerprint density at radius 1 is 1.30 bits per heavy atom. The van der Waals surface area contributed by atoms with Gasteiger partial charge in [-0.15, -0.1) is 0 Å². The molecule has 2 amide bonds. The van der Waals surface area contributed by atoms with Crippen LogP contribution in [0.4, 0.5) is 4.79 Å². The highest BCUT2D eigenvalue weighted by Crippen LogP contribution is 2.25. The van der Waals surface area contributed by atoms with Gasteiger partial charge in [-0.2, -0.15) is 0 Å². The van der Waals surface area contributed by atoms with Crippen LogP contribution in [0.5, 0.6) is 0 Å². The van der Waals surface area contributed by atoms with E-state index in [0.717, 1.165) is 51.6 Å². The zero-order valence-electron chi connectivity index (χ0n) is 12.3. The molecule has 0 aromatic heterocycles. The Hall–Kier alpha value is -1.46. The number of amides is 2. The molecule has 0 aromatic carbocycles. The van der Waals surface area contributed by atoms with Gasteiger partial charge in [0.25, 0.3) is 0 Å². The van der Waals surface area contributed by atoms with Gasteiger partial charge in [-0.1, -0.05) is 24.9 Å². The van der Waals surface area contributed by atoms with Gasteiger partial charge < -0.3 is 20.7 Å². The van der Waals surface area contributed by atoms with Gasteiger partial charge in [0.2, 0.25) is 0 Å². The monoisotopic (exact) mass is 282 g/mol. The second-order valence-corrected chi connectivity index (χ2v) is 6.11. The Labute approximate surface area is 120 Å². The summed E-state index contributed by atoms with van der Waals surface area (Å²) < 4.78 is 0. The van der Waals surface area contributed by atoms with Gasteiger partial charge in [0.15, 0.2) is 5.84 Å². The van der Waals surface area contributed by atoms with Crippen LogP contribution in [0.2, 0.25) is 0 Å². The zero-order chi connectivity index (χ0) is 14.5. The van der Waals surface area contributed by atoms with Crippen LogP contribution in [-0.4, -0.2) is 52.5 Å². The fraction of sp³-hybridized carbons (Fsp3) is 0.857. The first kappa shape index (κ1) is 14.9. The fourth-order valence-electron chi connectivity index (χ4n) is 3.16. The number of piperidine rings is 1. The van der Waals surface area contributed by atoms with Crippen molar-refractivity contribution in [3.05, 3.63) is 0 Å². The molecule has 1 heterocycles. The predicted molar refractivity (Wildman–Crippen MR) is 77.7 cm³/mol. The van der Waals surface area contributed by atoms with E-state index in [4.69, 9.17) is 10.9 Å². The largest absolute Gasteiger partial charge is 0.409 e. The Kier molecular flexibility index (Phi) is 5.09. The number of likely N-dealkylation sites (tertiary alicyclic amines) is 1. The van der Waals surface area contributed by atoms with Gasteiger partial charge in [0.05, 0.1) is 6.54 Å². The highest BCUT2D eigenvalue weighted by Gasteiger charge is 2.31. The molecule has 1 aliphatic carbocycles. The molecular weight excluding hydrogens is 256 g/mol. The second kappa shape index (κ2) is 6.81. The number of oxime groups is 1. The molecular formula is C14H26N4O2. The van der Waals surface area contributed by atoms with E-state index in [0.29, 0.717) is 5.92 Å². The second-order valence-electron chi connectivity index (χ2n) is 6.11. The first-order chi connectivity index (χ1) is 9.61. The lowest BCUT2D eigenvalue weighted by molar-refractivity contribution is 0.125. The van der Waals surface area contributed by atoms with E-state index >= 15 is 0 Å². The van der Waals surface area contributed by atoms with Crippen molar-refractivity contribution in [2.45, 2.75) is 51.5 Å². The summed E-state index contributed by atoms with van der Waals surface area (Å²) in [5.74, 6) is 0.804. The van der Waals surface area contributed by atoms with Gasteiger partial charge in [0, 0.05) is 19.1 Å². The lowest BCUT2D eigenvalue weighted by Gasteiger charge is -2.37. The normalized spacial score (nSPS) is 22.2. The topological polar surface area (TPSA) is 82.2 Å². The van der Waals surface area contributed by atoms with Crippen molar-refractivity contribution < 1.29 is 10.0 Å². The third-order valence-electron chi connectivity index (χ3n) is 4.53. The molecule has 2 rings (SSSR count). The molecule has 114 valence electrons. The molecule has 0 bridgehead atoms. The lowest BCUT2D eigenvalue weighted by Crippen LogP contribution is -2.52. The minimum Gasteiger partial charge on any atom is -0.409 e. The minimum atomic E-state index is 0.0513. The highest BCUT2D eigenvalue weighted by atomic mass is 16.4. The smallest absolute Gasteiger partial charge is 0.320 e. The summed E-state index contributed by atoms with van der Waals surface area (Å²) >= 11 is 0. The quantitative estimate of drug-likeness (QED) is 0.358. The molecule has 3 N–H and O–H groups in total. The molecule has 0 spiro atoms. The van der Waals surface area contributed by atoms with Crippen LogP contribution < -0.4 is 5.73 Å². The van der Waals surface area contributed by atoms with Crippen molar-refractivity contribution in [2.24, 2.45) is 16.8 Å². The third-order valence-corrected chi connectivity index (χ3v) is 4.53. The summed E-state index contributed by atoms with van der Waals surface area (Å²) in [7, 11) is 0. The summed E-state index contributed by atoms with van der Waals surface area (Å²) in [4.78, 5) is 16.4. The number of hydrogen-bond donors (Lipinski definition) is 2. The average molecular weight is 282 g/mol. The Morgan fingerprint density at radius 2 is 1.90 bits per heavy atom. The maximum Gasteiger partial charge on any atom is 0.320 e. The van der Waals surface area contributed by atoms with Gasteiger partial charge in [-0.3, -0.25) is 0 Å². The van der Waals surface area contributed by atoms with Crippen LogP contribution in [0.25, 0.3) is 0 Å². The number of nitrogens with zero attached hydrogens (tertiary/aromatic N) is 3. The maximum atomic E-state index is 12.7. The Balaban J connectivity index is 2.02. The number of nitrogens with two attached hydrogens (primary N) is 1. The van der Waals surface area contributed by atoms with Crippen LogP contribution in [0.15, 0.2) is 5.16 Å². The third kappa shape index (κ3) is 3.55. The maximum absolute atomic E-state index is 12.7. The molecule has 1 aliphatic heterocycles. The molecule has 2 aliphatic rings. The van der Waals surface area contributed by atoms with E-state index in [1.807, 2.05) is 4.90 Å². The first-order valence-electron chi connectivity index (χ1n) is 7.63. The van der Waals surface area contributed by atoms with E-state index < -0.39 is 0 Å². The molecule has 1 saturated heterocycles. The molecule has 6 heteroatoms. The highest BCUT2D eigenvalue weighted by molar-refractivity contribution is 5.86. The van der Waals surface area contributed by atoms with Crippen molar-refractivity contribution in [3.8, 4) is 0 Å². The van der Waals surface area contributed by atoms with Crippen molar-refractivity contribution in [1.82, 2.24) is 9.80 Å². The minimum absolute atomic E-state index is 0.0513. The average Bonchev–Trinajstić information content (AvgIpc) is 2.98. The lowest BCUT2D eigenvalue weighted by atomic mass is 9.99. The number of rotatable bonds is 3. The standard InChI is InChI=1S/C14H26N4O2/c1-11-6-8-17(9-7-11)14(19)18(10-13(15)16-20)12-4-2-3-5-12/h11-12,20H,2-10H2,1H3,(H2,15,16). The van der Waals surface area contributed by atoms with E-state index in [2.05, 4.69) is 12.1 Å². The summed E-state index contributed by atoms with van der Waals surface area (Å²) in [5.41, 5.74) is 5.62. The van der Waals surface area contributed by atoms with E-state index in [9.17, 15) is 4.79 Å². The van der Waals surface area contributed by atoms with Gasteiger partial charge >= 0.3 is 6.03 Å². The first-order valence-corrected chi connectivity index (χ1v) is 7.63. The summed E-state index contributed by atoms with van der Waals surface area (Å²) in [5, 5.41) is 11.8. The molecule has 20 heavy (non-hydrogen) atoms. The molecule has 0 atom stereocenters. The van der Waals surface area contributed by atoms with E-state index in [1.54, 1.807) is 4.90 Å². The van der Waals surface area contributed by atoms with Crippen LogP contribution in [0.3, 0.4) is 0 Å². The van der Waals surface area contributed by atoms with Gasteiger partial charge in [-0.25, -0.2) is 4.79 Å². The molecule has 0 radical (unpaired) electrons. The summed E-state index contributed by atoms with van der Waals surface area (Å²) in [6, 6.07) is 0.289. The predicted octanol–water partition coefficient (Wildman–Crippen LogP) is 1.83. The number of carbonyl (C=O) groups is 1. The molecule has 6 nitrogen and oxygen atoms in total. The number of hydrogen-bond acceptors (Lipinski definition) is 3. The summed E-state index contributed by atoms with van der Waals surface area (Å²) in [6.45, 7) is 4.10. The van der Waals surface area contributed by atoms with E-state index in [1.165, 1.54) is 0 Å². The molecule has 1 saturated carbocycles. The van der Waals surface area contributed by atoms with Crippen molar-refractivity contribution >= 4 is 11.9 Å². The van der Waals surface area contributed by atoms with Crippen LogP contribution in [0.1, 0.15) is 45.4 Å². The number of carbonyl (C=O) groups excluding carboxylic acids is 1. The SMILES string of the molecule is CC1CCN(C(=O)N(CC(N)=NO)C2CCCC2)CC1. The molecule has 2 fully saturated rings. The van der Waals surface area contributed by atoms with Crippen LogP contribution >= 0.6 is 0 Å². The van der Waals surface area contributed by atoms with Gasteiger partial charge in [0.1, 0.15) is 0 Å².